The summed E-state index contributed by atoms with van der Waals surface area (Å²) in [5, 5.41) is 7.42. The van der Waals surface area contributed by atoms with Gasteiger partial charge in [0.2, 0.25) is 0 Å². The predicted octanol–water partition coefficient (Wildman–Crippen LogP) is 0.204. The van der Waals surface area contributed by atoms with Crippen molar-refractivity contribution < 1.29 is 40.9 Å². The molecule has 0 aliphatic heterocycles. The molecule has 4 heteroatoms. The molecule has 1 N–H and O–H groups in total. The van der Waals surface area contributed by atoms with Gasteiger partial charge in [0.1, 0.15) is 0 Å². The Bertz CT molecular complexity index is 58.3. The summed E-state index contributed by atoms with van der Waals surface area (Å²) < 4.78 is 0. The van der Waals surface area contributed by atoms with Crippen molar-refractivity contribution in [1.82, 2.24) is 0 Å². The minimum atomic E-state index is -0.833. The van der Waals surface area contributed by atoms with Gasteiger partial charge in [0, 0.05) is 33.1 Å². The summed E-state index contributed by atoms with van der Waals surface area (Å²) >= 11 is 0. The molecule has 0 saturated carbocycles. The van der Waals surface area contributed by atoms with Crippen LogP contribution in [0, 0.1) is 0 Å². The number of carbonyl (C=O) groups is 1. The molecule has 0 rings (SSSR count). The molecule has 0 atom stereocenters. The standard InChI is InChI=1S/C2H4O2.C2H3O.Zr/c1-2(3)4;1-2-3;/h1H3,(H,3,4);1H3;/q;-1;. The molecule has 0 heterocycles. The van der Waals surface area contributed by atoms with Gasteiger partial charge in [-0.1, -0.05) is 0 Å². The molecule has 0 radical (unpaired) electrons. The fraction of sp³-hybridized carbons (Fsp3) is 0.500. The maximum Gasteiger partial charge on any atom is 0.300 e. The molecule has 0 bridgehead atoms. The molecule has 0 aromatic heterocycles. The zero-order valence-electron chi connectivity index (χ0n) is 4.76. The van der Waals surface area contributed by atoms with E-state index in [2.05, 4.69) is 0 Å². The second kappa shape index (κ2) is 15.7. The summed E-state index contributed by atoms with van der Waals surface area (Å²) in [4.78, 5) is 17.7. The first-order chi connectivity index (χ1) is 3.15. The van der Waals surface area contributed by atoms with Crippen LogP contribution >= 0.6 is 0 Å². The van der Waals surface area contributed by atoms with Crippen molar-refractivity contribution >= 4 is 12.3 Å². The van der Waals surface area contributed by atoms with E-state index in [1.54, 1.807) is 0 Å². The molecule has 0 aromatic rings. The molecular weight excluding hydrogens is 187 g/mol. The smallest absolute Gasteiger partial charge is 0.300 e. The summed E-state index contributed by atoms with van der Waals surface area (Å²) in [5.74, 6) is -0.833. The molecule has 46 valence electrons. The number of aliphatic carboxylic acids is 1. The first-order valence-electron chi connectivity index (χ1n) is 1.63. The molecule has 0 saturated heterocycles. The number of hydrogen-bond donors (Lipinski definition) is 1. The first kappa shape index (κ1) is 15.7. The van der Waals surface area contributed by atoms with Gasteiger partial charge in [-0.05, 0) is 0 Å². The van der Waals surface area contributed by atoms with Gasteiger partial charge in [0.05, 0.1) is 0 Å². The Balaban J connectivity index is -0.0000000575. The number of rotatable bonds is 0. The number of hydrogen-bond acceptors (Lipinski definition) is 2. The average molecular weight is 194 g/mol. The van der Waals surface area contributed by atoms with E-state index < -0.39 is 5.97 Å². The minimum Gasteiger partial charge on any atom is -0.542 e. The van der Waals surface area contributed by atoms with Gasteiger partial charge in [-0.2, -0.15) is 6.92 Å². The summed E-state index contributed by atoms with van der Waals surface area (Å²) in [6, 6.07) is 0. The molecule has 0 aliphatic carbocycles. The van der Waals surface area contributed by atoms with E-state index in [-0.39, 0.29) is 26.2 Å². The van der Waals surface area contributed by atoms with E-state index in [1.807, 2.05) is 0 Å². The van der Waals surface area contributed by atoms with Crippen molar-refractivity contribution in [3.05, 3.63) is 0 Å². The van der Waals surface area contributed by atoms with E-state index in [1.165, 1.54) is 13.2 Å². The molecule has 0 unspecified atom stereocenters. The van der Waals surface area contributed by atoms with E-state index in [9.17, 15) is 0 Å². The van der Waals surface area contributed by atoms with Crippen LogP contribution in [-0.4, -0.2) is 17.4 Å². The average Bonchev–Trinajstić information content (AvgIpc) is 1.33. The Kier molecular flexibility index (Phi) is 30.9. The van der Waals surface area contributed by atoms with E-state index >= 15 is 0 Å². The van der Waals surface area contributed by atoms with Crippen LogP contribution < -0.4 is 0 Å². The Hall–Kier alpha value is 0.0231. The quantitative estimate of drug-likeness (QED) is 0.561. The van der Waals surface area contributed by atoms with Gasteiger partial charge < -0.3 is 9.90 Å². The molecule has 0 aromatic carbocycles. The fourth-order valence-corrected chi connectivity index (χ4v) is 0. The van der Waals surface area contributed by atoms with Gasteiger partial charge in [0.15, 0.2) is 0 Å². The SMILES string of the molecule is CC(=O)O.C[C-]=O.[Zr]. The topological polar surface area (TPSA) is 54.4 Å². The summed E-state index contributed by atoms with van der Waals surface area (Å²) in [5.41, 5.74) is 0. The van der Waals surface area contributed by atoms with Gasteiger partial charge in [-0.25, -0.2) is 0 Å². The first-order valence-corrected chi connectivity index (χ1v) is 1.63. The summed E-state index contributed by atoms with van der Waals surface area (Å²) in [6.07, 6.45) is 1.50. The van der Waals surface area contributed by atoms with Crippen molar-refractivity contribution in [1.29, 1.82) is 0 Å². The van der Waals surface area contributed by atoms with E-state index in [4.69, 9.17) is 14.7 Å². The third-order valence-corrected chi connectivity index (χ3v) is 0. The van der Waals surface area contributed by atoms with Crippen LogP contribution in [0.1, 0.15) is 13.8 Å². The largest absolute Gasteiger partial charge is 0.542 e. The van der Waals surface area contributed by atoms with Crippen LogP contribution in [0.2, 0.25) is 0 Å². The van der Waals surface area contributed by atoms with Crippen molar-refractivity contribution in [2.45, 2.75) is 13.8 Å². The van der Waals surface area contributed by atoms with Crippen LogP contribution in [0.15, 0.2) is 0 Å². The number of carboxylic acid groups (broad SMARTS) is 1. The predicted molar refractivity (Wildman–Crippen MR) is 24.7 cm³/mol. The second-order valence-corrected chi connectivity index (χ2v) is 0.723. The van der Waals surface area contributed by atoms with Gasteiger partial charge >= 0.3 is 0 Å². The van der Waals surface area contributed by atoms with Crippen molar-refractivity contribution in [2.24, 2.45) is 0 Å². The zero-order chi connectivity index (χ0) is 6.28. The van der Waals surface area contributed by atoms with Crippen molar-refractivity contribution in [3.63, 3.8) is 0 Å². The maximum absolute atomic E-state index is 9.00. The van der Waals surface area contributed by atoms with E-state index in [0.717, 1.165) is 6.92 Å². The van der Waals surface area contributed by atoms with Gasteiger partial charge in [-0.15, -0.1) is 0 Å². The minimum absolute atomic E-state index is 0. The van der Waals surface area contributed by atoms with Crippen LogP contribution in [-0.2, 0) is 35.8 Å². The Morgan fingerprint density at radius 2 is 1.62 bits per heavy atom. The molecule has 8 heavy (non-hydrogen) atoms. The number of carbonyl (C=O) groups excluding carboxylic acids is 1. The molecule has 0 spiro atoms. The molecular formula is C4H7O3Zr-. The van der Waals surface area contributed by atoms with Gasteiger partial charge in [-0.3, -0.25) is 11.1 Å². The Morgan fingerprint density at radius 3 is 1.62 bits per heavy atom. The third-order valence-electron chi connectivity index (χ3n) is 0. The zero-order valence-corrected chi connectivity index (χ0v) is 7.22. The Labute approximate surface area is 67.2 Å². The van der Waals surface area contributed by atoms with Crippen LogP contribution in [0.25, 0.3) is 0 Å². The fourth-order valence-electron chi connectivity index (χ4n) is 0. The Morgan fingerprint density at radius 1 is 1.62 bits per heavy atom. The molecule has 0 amide bonds. The van der Waals surface area contributed by atoms with Gasteiger partial charge in [0.25, 0.3) is 5.97 Å². The molecule has 0 aliphatic rings. The monoisotopic (exact) mass is 193 g/mol. The summed E-state index contributed by atoms with van der Waals surface area (Å²) in [6.45, 7) is 2.40. The normalized spacial score (nSPS) is 4.75. The van der Waals surface area contributed by atoms with Crippen molar-refractivity contribution in [3.8, 4) is 0 Å². The van der Waals surface area contributed by atoms with Crippen molar-refractivity contribution in [2.75, 3.05) is 0 Å². The molecule has 3 nitrogen and oxygen atoms in total. The number of carboxylic acids is 1. The van der Waals surface area contributed by atoms with Crippen LogP contribution in [0.4, 0.5) is 0 Å². The third kappa shape index (κ3) is 284000. The van der Waals surface area contributed by atoms with E-state index in [0.29, 0.717) is 0 Å². The second-order valence-electron chi connectivity index (χ2n) is 0.723. The van der Waals surface area contributed by atoms with Crippen LogP contribution in [0.3, 0.4) is 0 Å². The maximum atomic E-state index is 9.00. The summed E-state index contributed by atoms with van der Waals surface area (Å²) in [7, 11) is 0. The van der Waals surface area contributed by atoms with Crippen LogP contribution in [0.5, 0.6) is 0 Å². The molecule has 0 fully saturated rings.